The summed E-state index contributed by atoms with van der Waals surface area (Å²) < 4.78 is 28.1. The number of anilines is 2. The van der Waals surface area contributed by atoms with Crippen molar-refractivity contribution in [2.75, 3.05) is 44.3 Å². The first-order valence-electron chi connectivity index (χ1n) is 11.0. The minimum Gasteiger partial charge on any atom is -0.382 e. The zero-order chi connectivity index (χ0) is 24.3. The molecular weight excluding hydrogens is 454 g/mol. The number of sulfonamides is 1. The minimum atomic E-state index is -3.61. The topological polar surface area (TPSA) is 134 Å². The molecule has 0 aliphatic carbocycles. The Hall–Kier alpha value is -3.41. The van der Waals surface area contributed by atoms with E-state index in [1.165, 1.54) is 16.7 Å². The lowest BCUT2D eigenvalue weighted by atomic mass is 10.1. The molecule has 1 saturated heterocycles. The number of aryl methyl sites for hydroxylation is 1. The summed E-state index contributed by atoms with van der Waals surface area (Å²) in [5.41, 5.74) is 8.15. The Balaban J connectivity index is 1.64. The third-order valence-corrected chi connectivity index (χ3v) is 7.75. The lowest BCUT2D eigenvalue weighted by Gasteiger charge is -2.32. The summed E-state index contributed by atoms with van der Waals surface area (Å²) >= 11 is 0. The van der Waals surface area contributed by atoms with Crippen molar-refractivity contribution in [3.63, 3.8) is 0 Å². The summed E-state index contributed by atoms with van der Waals surface area (Å²) in [5, 5.41) is 2.70. The fraction of sp³-hybridized carbons (Fsp3) is 0.304. The van der Waals surface area contributed by atoms with E-state index in [9.17, 15) is 13.2 Å². The predicted octanol–water partition coefficient (Wildman–Crippen LogP) is 1.87. The van der Waals surface area contributed by atoms with Gasteiger partial charge in [-0.15, -0.1) is 0 Å². The Labute approximate surface area is 198 Å². The lowest BCUT2D eigenvalue weighted by Crippen LogP contribution is -2.47. The van der Waals surface area contributed by atoms with Crippen LogP contribution >= 0.6 is 0 Å². The summed E-state index contributed by atoms with van der Waals surface area (Å²) in [7, 11) is -1.63. The molecule has 3 heterocycles. The van der Waals surface area contributed by atoms with Crippen LogP contribution in [0.25, 0.3) is 11.3 Å². The number of carbonyl (C=O) groups is 1. The zero-order valence-electron chi connectivity index (χ0n) is 19.1. The minimum absolute atomic E-state index is 0.00452. The largest absolute Gasteiger partial charge is 0.382 e. The van der Waals surface area contributed by atoms with E-state index in [2.05, 4.69) is 25.2 Å². The summed E-state index contributed by atoms with van der Waals surface area (Å²) in [5.74, 6) is -0.514. The molecular formula is C23H27N7O3S. The van der Waals surface area contributed by atoms with Crippen molar-refractivity contribution >= 4 is 27.4 Å². The molecule has 3 aromatic rings. The van der Waals surface area contributed by atoms with E-state index in [4.69, 9.17) is 5.73 Å². The average Bonchev–Trinajstić information content (AvgIpc) is 2.84. The van der Waals surface area contributed by atoms with Gasteiger partial charge in [0.1, 0.15) is 0 Å². The van der Waals surface area contributed by atoms with E-state index in [1.54, 1.807) is 36.5 Å². The van der Waals surface area contributed by atoms with Crippen LogP contribution in [-0.2, 0) is 16.4 Å². The number of benzene rings is 1. The molecule has 34 heavy (non-hydrogen) atoms. The Bertz CT molecular complexity index is 1290. The first kappa shape index (κ1) is 23.7. The van der Waals surface area contributed by atoms with Crippen LogP contribution in [-0.4, -0.2) is 71.7 Å². The maximum absolute atomic E-state index is 13.3. The molecule has 3 N–H and O–H groups in total. The molecule has 2 aromatic heterocycles. The van der Waals surface area contributed by atoms with E-state index in [1.807, 2.05) is 14.0 Å². The number of piperazine rings is 1. The third kappa shape index (κ3) is 4.91. The first-order chi connectivity index (χ1) is 16.3. The highest BCUT2D eigenvalue weighted by Gasteiger charge is 2.29. The maximum atomic E-state index is 13.3. The molecule has 178 valence electrons. The number of nitrogens with one attached hydrogen (secondary N) is 1. The standard InChI is InChI=1S/C23H27N7O3S/c1-3-16-13-17(6-7-20(16)34(32,33)30-11-9-29(2)10-12-30)19-15-26-22(24)21(28-19)23(31)27-18-5-4-8-25-14-18/h4-8,13-15H,3,9-12H2,1-2H3,(H2,24,26)(H,27,31). The third-order valence-electron chi connectivity index (χ3n) is 5.75. The van der Waals surface area contributed by atoms with Gasteiger partial charge in [-0.2, -0.15) is 4.31 Å². The molecule has 4 rings (SSSR count). The molecule has 0 spiro atoms. The molecule has 1 fully saturated rings. The van der Waals surface area contributed by atoms with E-state index in [0.717, 1.165) is 0 Å². The van der Waals surface area contributed by atoms with Gasteiger partial charge in [-0.05, 0) is 43.3 Å². The van der Waals surface area contributed by atoms with Gasteiger partial charge in [0.2, 0.25) is 10.0 Å². The Morgan fingerprint density at radius 3 is 2.59 bits per heavy atom. The van der Waals surface area contributed by atoms with Crippen molar-refractivity contribution in [3.8, 4) is 11.3 Å². The average molecular weight is 482 g/mol. The number of pyridine rings is 1. The van der Waals surface area contributed by atoms with E-state index in [0.29, 0.717) is 60.0 Å². The van der Waals surface area contributed by atoms with Crippen LogP contribution in [0.1, 0.15) is 23.0 Å². The van der Waals surface area contributed by atoms with Crippen LogP contribution < -0.4 is 11.1 Å². The number of hydrogen-bond acceptors (Lipinski definition) is 8. The molecule has 0 saturated carbocycles. The van der Waals surface area contributed by atoms with E-state index < -0.39 is 15.9 Å². The quantitative estimate of drug-likeness (QED) is 0.545. The molecule has 1 aliphatic rings. The highest BCUT2D eigenvalue weighted by molar-refractivity contribution is 7.89. The van der Waals surface area contributed by atoms with Crippen molar-refractivity contribution in [1.82, 2.24) is 24.2 Å². The number of amides is 1. The molecule has 1 aliphatic heterocycles. The van der Waals surface area contributed by atoms with Gasteiger partial charge in [-0.25, -0.2) is 18.4 Å². The maximum Gasteiger partial charge on any atom is 0.278 e. The molecule has 0 radical (unpaired) electrons. The zero-order valence-corrected chi connectivity index (χ0v) is 19.9. The van der Waals surface area contributed by atoms with Crippen LogP contribution in [0.15, 0.2) is 53.8 Å². The van der Waals surface area contributed by atoms with Gasteiger partial charge in [0.15, 0.2) is 11.5 Å². The Morgan fingerprint density at radius 2 is 1.91 bits per heavy atom. The van der Waals surface area contributed by atoms with Gasteiger partial charge in [-0.1, -0.05) is 13.0 Å². The monoisotopic (exact) mass is 481 g/mol. The number of likely N-dealkylation sites (N-methyl/N-ethyl adjacent to an activating group) is 1. The van der Waals surface area contributed by atoms with E-state index in [-0.39, 0.29) is 11.5 Å². The second-order valence-corrected chi connectivity index (χ2v) is 9.97. The van der Waals surface area contributed by atoms with Gasteiger partial charge in [0, 0.05) is 37.9 Å². The van der Waals surface area contributed by atoms with Gasteiger partial charge >= 0.3 is 0 Å². The van der Waals surface area contributed by atoms with Crippen LogP contribution in [0.4, 0.5) is 11.5 Å². The number of nitrogen functional groups attached to an aromatic ring is 1. The highest BCUT2D eigenvalue weighted by Crippen LogP contribution is 2.27. The normalized spacial score (nSPS) is 15.2. The molecule has 10 nitrogen and oxygen atoms in total. The van der Waals surface area contributed by atoms with Crippen molar-refractivity contribution < 1.29 is 13.2 Å². The van der Waals surface area contributed by atoms with Gasteiger partial charge < -0.3 is 16.0 Å². The van der Waals surface area contributed by atoms with Gasteiger partial charge in [0.25, 0.3) is 5.91 Å². The second kappa shape index (κ2) is 9.84. The molecule has 1 amide bonds. The summed E-state index contributed by atoms with van der Waals surface area (Å²) in [6.07, 6.45) is 5.11. The van der Waals surface area contributed by atoms with Gasteiger partial charge in [0.05, 0.1) is 28.7 Å². The van der Waals surface area contributed by atoms with Crippen LogP contribution in [0.2, 0.25) is 0 Å². The SMILES string of the molecule is CCc1cc(-c2cnc(N)c(C(=O)Nc3cccnc3)n2)ccc1S(=O)(=O)N1CCN(C)CC1. The summed E-state index contributed by atoms with van der Waals surface area (Å²) in [4.78, 5) is 27.6. The van der Waals surface area contributed by atoms with Crippen LogP contribution in [0, 0.1) is 0 Å². The van der Waals surface area contributed by atoms with Crippen molar-refractivity contribution in [1.29, 1.82) is 0 Å². The molecule has 11 heteroatoms. The fourth-order valence-electron chi connectivity index (χ4n) is 3.77. The number of rotatable bonds is 6. The number of aromatic nitrogens is 3. The molecule has 0 bridgehead atoms. The lowest BCUT2D eigenvalue weighted by molar-refractivity contribution is 0.102. The molecule has 0 atom stereocenters. The number of nitrogens with zero attached hydrogens (tertiary/aromatic N) is 5. The second-order valence-electron chi connectivity index (χ2n) is 8.07. The van der Waals surface area contributed by atoms with Gasteiger partial charge in [-0.3, -0.25) is 9.78 Å². The smallest absolute Gasteiger partial charge is 0.278 e. The molecule has 1 aromatic carbocycles. The molecule has 0 unspecified atom stereocenters. The van der Waals surface area contributed by atoms with Crippen molar-refractivity contribution in [2.24, 2.45) is 0 Å². The van der Waals surface area contributed by atoms with Crippen LogP contribution in [0.5, 0.6) is 0 Å². The number of carbonyl (C=O) groups excluding carboxylic acids is 1. The summed E-state index contributed by atoms with van der Waals surface area (Å²) in [6, 6.07) is 8.48. The van der Waals surface area contributed by atoms with E-state index >= 15 is 0 Å². The Morgan fingerprint density at radius 1 is 1.15 bits per heavy atom. The van der Waals surface area contributed by atoms with Crippen molar-refractivity contribution in [2.45, 2.75) is 18.2 Å². The predicted molar refractivity (Wildman–Crippen MR) is 130 cm³/mol. The van der Waals surface area contributed by atoms with Crippen molar-refractivity contribution in [3.05, 3.63) is 60.2 Å². The Kier molecular flexibility index (Phi) is 6.87. The highest BCUT2D eigenvalue weighted by atomic mass is 32.2. The fourth-order valence-corrected chi connectivity index (χ4v) is 5.46. The number of hydrogen-bond donors (Lipinski definition) is 2. The number of nitrogens with two attached hydrogens (primary N) is 1. The summed E-state index contributed by atoms with van der Waals surface area (Å²) in [6.45, 7) is 4.22. The van der Waals surface area contributed by atoms with Crippen LogP contribution in [0.3, 0.4) is 0 Å². The first-order valence-corrected chi connectivity index (χ1v) is 12.4.